The highest BCUT2D eigenvalue weighted by Gasteiger charge is 2.04. The lowest BCUT2D eigenvalue weighted by atomic mass is 10.2. The summed E-state index contributed by atoms with van der Waals surface area (Å²) in [7, 11) is 0. The molecule has 0 aliphatic heterocycles. The van der Waals surface area contributed by atoms with Gasteiger partial charge in [-0.3, -0.25) is 0 Å². The predicted octanol–water partition coefficient (Wildman–Crippen LogP) is 4.25. The third kappa shape index (κ3) is 5.40. The molecule has 0 bridgehead atoms. The second-order valence-corrected chi connectivity index (χ2v) is 6.61. The lowest BCUT2D eigenvalue weighted by Crippen LogP contribution is -2.30. The Morgan fingerprint density at radius 3 is 2.95 bits per heavy atom. The van der Waals surface area contributed by atoms with Crippen LogP contribution in [0.2, 0.25) is 0 Å². The van der Waals surface area contributed by atoms with Crippen LogP contribution in [0.15, 0.2) is 35.7 Å². The number of carbonyl (C=O) groups excluding carboxylic acids is 1. The van der Waals surface area contributed by atoms with E-state index in [4.69, 9.17) is 0 Å². The van der Waals surface area contributed by atoms with Crippen molar-refractivity contribution in [1.82, 2.24) is 5.32 Å². The monoisotopic (exact) mass is 324 g/mol. The summed E-state index contributed by atoms with van der Waals surface area (Å²) in [6.45, 7) is 2.36. The van der Waals surface area contributed by atoms with Crippen molar-refractivity contribution in [3.05, 3.63) is 52.0 Å². The molecule has 2 rings (SSSR count). The van der Waals surface area contributed by atoms with Crippen LogP contribution < -0.4 is 10.6 Å². The minimum Gasteiger partial charge on any atom is -0.337 e. The fourth-order valence-corrected chi connectivity index (χ4v) is 3.44. The number of thiophene rings is 1. The van der Waals surface area contributed by atoms with Gasteiger partial charge in [0.05, 0.1) is 0 Å². The highest BCUT2D eigenvalue weighted by Crippen LogP contribution is 2.17. The van der Waals surface area contributed by atoms with Crippen molar-refractivity contribution < 1.29 is 9.18 Å². The molecule has 0 unspecified atom stereocenters. The normalized spacial score (nSPS) is 10.4. The Morgan fingerprint density at radius 1 is 1.38 bits per heavy atom. The second kappa shape index (κ2) is 8.05. The van der Waals surface area contributed by atoms with Crippen LogP contribution in [0.25, 0.3) is 0 Å². The van der Waals surface area contributed by atoms with Crippen LogP contribution in [0.5, 0.6) is 0 Å². The molecule has 3 nitrogen and oxygen atoms in total. The number of aryl methyl sites for hydroxylation is 1. The fraction of sp³-hybridized carbons (Fsp3) is 0.267. The zero-order valence-electron chi connectivity index (χ0n) is 11.7. The topological polar surface area (TPSA) is 41.1 Å². The van der Waals surface area contributed by atoms with E-state index in [1.165, 1.54) is 17.0 Å². The first-order valence-corrected chi connectivity index (χ1v) is 8.60. The van der Waals surface area contributed by atoms with Gasteiger partial charge in [-0.1, -0.05) is 6.07 Å². The zero-order chi connectivity index (χ0) is 15.1. The number of rotatable bonds is 6. The van der Waals surface area contributed by atoms with Gasteiger partial charge in [0.2, 0.25) is 0 Å². The first kappa shape index (κ1) is 15.9. The number of anilines is 1. The lowest BCUT2D eigenvalue weighted by molar-refractivity contribution is 0.252. The average molecular weight is 324 g/mol. The number of amides is 2. The van der Waals surface area contributed by atoms with Crippen molar-refractivity contribution in [2.45, 2.75) is 12.7 Å². The smallest absolute Gasteiger partial charge is 0.319 e. The van der Waals surface area contributed by atoms with E-state index in [0.29, 0.717) is 17.8 Å². The van der Waals surface area contributed by atoms with Crippen molar-refractivity contribution in [3.8, 4) is 0 Å². The zero-order valence-corrected chi connectivity index (χ0v) is 13.3. The van der Waals surface area contributed by atoms with Crippen LogP contribution in [0.1, 0.15) is 10.4 Å². The highest BCUT2D eigenvalue weighted by molar-refractivity contribution is 7.98. The maximum absolute atomic E-state index is 13.0. The lowest BCUT2D eigenvalue weighted by Gasteiger charge is -2.09. The van der Waals surface area contributed by atoms with Gasteiger partial charge < -0.3 is 10.6 Å². The van der Waals surface area contributed by atoms with E-state index in [0.717, 1.165) is 11.5 Å². The van der Waals surface area contributed by atoms with Gasteiger partial charge in [-0.15, -0.1) is 11.3 Å². The van der Waals surface area contributed by atoms with E-state index in [-0.39, 0.29) is 11.8 Å². The van der Waals surface area contributed by atoms with E-state index in [2.05, 4.69) is 22.1 Å². The van der Waals surface area contributed by atoms with Crippen molar-refractivity contribution in [2.75, 3.05) is 17.6 Å². The molecule has 0 fully saturated rings. The van der Waals surface area contributed by atoms with Crippen LogP contribution >= 0.6 is 23.1 Å². The largest absolute Gasteiger partial charge is 0.337 e. The van der Waals surface area contributed by atoms with E-state index in [9.17, 15) is 9.18 Å². The molecule has 6 heteroatoms. The number of benzene rings is 1. The molecule has 1 aromatic heterocycles. The van der Waals surface area contributed by atoms with Crippen LogP contribution in [-0.4, -0.2) is 18.3 Å². The summed E-state index contributed by atoms with van der Waals surface area (Å²) in [6, 6.07) is 8.18. The summed E-state index contributed by atoms with van der Waals surface area (Å²) >= 11 is 3.52. The summed E-state index contributed by atoms with van der Waals surface area (Å²) in [5.74, 6) is 1.52. The number of nitrogens with one attached hydrogen (secondary N) is 2. The Balaban J connectivity index is 1.65. The molecular weight excluding hydrogens is 307 g/mol. The average Bonchev–Trinajstić information content (AvgIpc) is 2.95. The number of hydrogen-bond acceptors (Lipinski definition) is 3. The van der Waals surface area contributed by atoms with Gasteiger partial charge in [0.15, 0.2) is 0 Å². The van der Waals surface area contributed by atoms with E-state index in [1.807, 2.05) is 6.07 Å². The predicted molar refractivity (Wildman–Crippen MR) is 88.6 cm³/mol. The Hall–Kier alpha value is -1.53. The van der Waals surface area contributed by atoms with E-state index >= 15 is 0 Å². The third-order valence-corrected chi connectivity index (χ3v) is 4.86. The quantitative estimate of drug-likeness (QED) is 0.780. The molecule has 0 atom stereocenters. The molecule has 1 heterocycles. The molecule has 0 radical (unpaired) electrons. The Morgan fingerprint density at radius 2 is 2.24 bits per heavy atom. The maximum Gasteiger partial charge on any atom is 0.319 e. The first-order valence-electron chi connectivity index (χ1n) is 6.56. The molecule has 2 amide bonds. The molecule has 0 aliphatic carbocycles. The van der Waals surface area contributed by atoms with Crippen molar-refractivity contribution in [3.63, 3.8) is 0 Å². The molecule has 0 saturated heterocycles. The van der Waals surface area contributed by atoms with Gasteiger partial charge >= 0.3 is 6.03 Å². The van der Waals surface area contributed by atoms with Gasteiger partial charge in [0.25, 0.3) is 0 Å². The summed E-state index contributed by atoms with van der Waals surface area (Å²) in [6.07, 6.45) is 0. The summed E-state index contributed by atoms with van der Waals surface area (Å²) in [5, 5.41) is 7.57. The summed E-state index contributed by atoms with van der Waals surface area (Å²) in [4.78, 5) is 13.1. The molecule has 2 N–H and O–H groups in total. The van der Waals surface area contributed by atoms with Crippen LogP contribution in [-0.2, 0) is 5.75 Å². The molecule has 2 aromatic rings. The third-order valence-electron chi connectivity index (χ3n) is 2.79. The van der Waals surface area contributed by atoms with Gasteiger partial charge in [-0.25, -0.2) is 9.18 Å². The minimum absolute atomic E-state index is 0.263. The first-order chi connectivity index (χ1) is 10.1. The van der Waals surface area contributed by atoms with Crippen molar-refractivity contribution in [2.24, 2.45) is 0 Å². The SMILES string of the molecule is Cc1cc(F)ccc1NC(=O)NCCSCc1cccs1. The number of thioether (sulfide) groups is 1. The number of urea groups is 1. The molecule has 21 heavy (non-hydrogen) atoms. The Labute approximate surface area is 132 Å². The van der Waals surface area contributed by atoms with Crippen molar-refractivity contribution >= 4 is 34.8 Å². The highest BCUT2D eigenvalue weighted by atomic mass is 32.2. The molecule has 0 aliphatic rings. The molecule has 112 valence electrons. The molecule has 1 aromatic carbocycles. The Kier molecular flexibility index (Phi) is 6.07. The number of halogens is 1. The standard InChI is InChI=1S/C15H17FN2OS2/c1-11-9-12(16)4-5-14(11)18-15(19)17-6-8-20-10-13-3-2-7-21-13/h2-5,7,9H,6,8,10H2,1H3,(H2,17,18,19). The van der Waals surface area contributed by atoms with Gasteiger partial charge in [0.1, 0.15) is 5.82 Å². The minimum atomic E-state index is -0.302. The van der Waals surface area contributed by atoms with Crippen LogP contribution in [0.3, 0.4) is 0 Å². The van der Waals surface area contributed by atoms with Crippen LogP contribution in [0.4, 0.5) is 14.9 Å². The van der Waals surface area contributed by atoms with Gasteiger partial charge in [0, 0.05) is 28.6 Å². The summed E-state index contributed by atoms with van der Waals surface area (Å²) < 4.78 is 13.0. The number of carbonyl (C=O) groups is 1. The van der Waals surface area contributed by atoms with Gasteiger partial charge in [-0.05, 0) is 42.1 Å². The maximum atomic E-state index is 13.0. The van der Waals surface area contributed by atoms with E-state index in [1.54, 1.807) is 36.1 Å². The van der Waals surface area contributed by atoms with E-state index < -0.39 is 0 Å². The molecule has 0 spiro atoms. The molecule has 0 saturated carbocycles. The summed E-state index contributed by atoms with van der Waals surface area (Å²) in [5.41, 5.74) is 1.33. The number of hydrogen-bond donors (Lipinski definition) is 2. The van der Waals surface area contributed by atoms with Crippen LogP contribution in [0, 0.1) is 12.7 Å². The Bertz CT molecular complexity index is 587. The van der Waals surface area contributed by atoms with Crippen molar-refractivity contribution in [1.29, 1.82) is 0 Å². The molecular formula is C15H17FN2OS2. The fourth-order valence-electron chi connectivity index (χ4n) is 1.74. The second-order valence-electron chi connectivity index (χ2n) is 4.47. The van der Waals surface area contributed by atoms with Gasteiger partial charge in [-0.2, -0.15) is 11.8 Å².